The lowest BCUT2D eigenvalue weighted by Crippen LogP contribution is -2.41. The number of hydrogen-bond acceptors (Lipinski definition) is 4. The van der Waals surface area contributed by atoms with E-state index in [0.717, 1.165) is 4.90 Å². The molecule has 1 aromatic heterocycles. The Hall–Kier alpha value is -1.99. The molecule has 0 aromatic carbocycles. The van der Waals surface area contributed by atoms with Crippen molar-refractivity contribution in [3.8, 4) is 0 Å². The standard InChI is InChI=1S/C10H10F3N3O2/c1-5-7(10(11,12)13)18-9(17)16(5)8-6(14)3-2-4-15-8/h2-5,7H,14H2,1H3/t5-,7-/m1/s1. The summed E-state index contributed by atoms with van der Waals surface area (Å²) in [4.78, 5) is 16.1. The third-order valence-corrected chi connectivity index (χ3v) is 2.64. The summed E-state index contributed by atoms with van der Waals surface area (Å²) in [6, 6.07) is 1.75. The first-order valence-electron chi connectivity index (χ1n) is 5.09. The molecule has 2 rings (SSSR count). The number of amides is 1. The number of ether oxygens (including phenoxy) is 1. The van der Waals surface area contributed by atoms with Gasteiger partial charge < -0.3 is 10.5 Å². The first kappa shape index (κ1) is 12.5. The van der Waals surface area contributed by atoms with E-state index in [4.69, 9.17) is 5.73 Å². The molecule has 0 bridgehead atoms. The number of hydrogen-bond donors (Lipinski definition) is 1. The molecule has 0 aliphatic carbocycles. The molecule has 2 heterocycles. The van der Waals surface area contributed by atoms with E-state index in [9.17, 15) is 18.0 Å². The van der Waals surface area contributed by atoms with Gasteiger partial charge in [0.05, 0.1) is 11.7 Å². The molecule has 1 aliphatic rings. The zero-order valence-corrected chi connectivity index (χ0v) is 9.31. The number of carbonyl (C=O) groups is 1. The smallest absolute Gasteiger partial charge is 0.427 e. The van der Waals surface area contributed by atoms with Gasteiger partial charge in [0.15, 0.2) is 5.82 Å². The molecule has 8 heteroatoms. The monoisotopic (exact) mass is 261 g/mol. The maximum absolute atomic E-state index is 12.6. The van der Waals surface area contributed by atoms with E-state index in [2.05, 4.69) is 9.72 Å². The molecule has 1 amide bonds. The Labute approximate surface area is 100 Å². The molecule has 0 radical (unpaired) electrons. The summed E-state index contributed by atoms with van der Waals surface area (Å²) in [5, 5.41) is 0. The highest BCUT2D eigenvalue weighted by molar-refractivity contribution is 5.92. The molecule has 1 saturated heterocycles. The van der Waals surface area contributed by atoms with Crippen LogP contribution in [0.2, 0.25) is 0 Å². The van der Waals surface area contributed by atoms with Crippen molar-refractivity contribution in [2.45, 2.75) is 25.2 Å². The molecule has 18 heavy (non-hydrogen) atoms. The number of carbonyl (C=O) groups excluding carboxylic acids is 1. The molecular formula is C10H10F3N3O2. The second-order valence-corrected chi connectivity index (χ2v) is 3.87. The number of halogens is 3. The van der Waals surface area contributed by atoms with Crippen LogP contribution in [0.4, 0.5) is 29.5 Å². The summed E-state index contributed by atoms with van der Waals surface area (Å²) in [5.74, 6) is -0.0262. The van der Waals surface area contributed by atoms with Gasteiger partial charge in [0.2, 0.25) is 6.10 Å². The van der Waals surface area contributed by atoms with Crippen molar-refractivity contribution in [1.82, 2.24) is 4.98 Å². The lowest BCUT2D eigenvalue weighted by atomic mass is 10.1. The molecule has 1 aliphatic heterocycles. The fourth-order valence-corrected chi connectivity index (χ4v) is 1.80. The van der Waals surface area contributed by atoms with Crippen molar-refractivity contribution in [3.05, 3.63) is 18.3 Å². The van der Waals surface area contributed by atoms with Crippen LogP contribution in [0.3, 0.4) is 0 Å². The van der Waals surface area contributed by atoms with Gasteiger partial charge in [-0.2, -0.15) is 13.2 Å². The van der Waals surface area contributed by atoms with Crippen LogP contribution in [0.15, 0.2) is 18.3 Å². The van der Waals surface area contributed by atoms with E-state index in [0.29, 0.717) is 0 Å². The number of anilines is 2. The Morgan fingerprint density at radius 3 is 2.67 bits per heavy atom. The molecule has 5 nitrogen and oxygen atoms in total. The average molecular weight is 261 g/mol. The van der Waals surface area contributed by atoms with Crippen LogP contribution in [-0.2, 0) is 4.74 Å². The molecule has 1 fully saturated rings. The number of aromatic nitrogens is 1. The number of alkyl halides is 3. The van der Waals surface area contributed by atoms with Gasteiger partial charge in [0.1, 0.15) is 0 Å². The summed E-state index contributed by atoms with van der Waals surface area (Å²) in [6.45, 7) is 1.23. The van der Waals surface area contributed by atoms with Crippen LogP contribution >= 0.6 is 0 Å². The van der Waals surface area contributed by atoms with Gasteiger partial charge in [-0.05, 0) is 19.1 Å². The van der Waals surface area contributed by atoms with E-state index >= 15 is 0 Å². The van der Waals surface area contributed by atoms with Crippen LogP contribution in [0.1, 0.15) is 6.92 Å². The molecule has 2 atom stereocenters. The van der Waals surface area contributed by atoms with Crippen LogP contribution < -0.4 is 10.6 Å². The zero-order valence-electron chi connectivity index (χ0n) is 9.31. The van der Waals surface area contributed by atoms with Crippen molar-refractivity contribution in [3.63, 3.8) is 0 Å². The molecule has 0 unspecified atom stereocenters. The Morgan fingerprint density at radius 1 is 1.50 bits per heavy atom. The van der Waals surface area contributed by atoms with Crippen molar-refractivity contribution < 1.29 is 22.7 Å². The van der Waals surface area contributed by atoms with E-state index < -0.39 is 24.4 Å². The Bertz CT molecular complexity index is 478. The first-order chi connectivity index (χ1) is 8.32. The summed E-state index contributed by atoms with van der Waals surface area (Å²) in [6.07, 6.45) is -6.55. The van der Waals surface area contributed by atoms with E-state index in [1.54, 1.807) is 0 Å². The van der Waals surface area contributed by atoms with E-state index in [1.807, 2.05) is 0 Å². The number of pyridine rings is 1. The molecular weight excluding hydrogens is 251 g/mol. The summed E-state index contributed by atoms with van der Waals surface area (Å²) < 4.78 is 42.2. The number of nitrogens with zero attached hydrogens (tertiary/aromatic N) is 2. The third-order valence-electron chi connectivity index (χ3n) is 2.64. The van der Waals surface area contributed by atoms with Crippen LogP contribution in [0.25, 0.3) is 0 Å². The molecule has 98 valence electrons. The molecule has 1 aromatic rings. The quantitative estimate of drug-likeness (QED) is 0.838. The normalized spacial score (nSPS) is 24.2. The largest absolute Gasteiger partial charge is 0.434 e. The minimum atomic E-state index is -4.62. The van der Waals surface area contributed by atoms with Gasteiger partial charge in [-0.25, -0.2) is 9.78 Å². The van der Waals surface area contributed by atoms with Crippen molar-refractivity contribution in [2.75, 3.05) is 10.6 Å². The fourth-order valence-electron chi connectivity index (χ4n) is 1.80. The topological polar surface area (TPSA) is 68.5 Å². The van der Waals surface area contributed by atoms with Gasteiger partial charge in [0.25, 0.3) is 0 Å². The number of nitrogen functional groups attached to an aromatic ring is 1. The fraction of sp³-hybridized carbons (Fsp3) is 0.400. The molecule has 0 saturated carbocycles. The highest BCUT2D eigenvalue weighted by atomic mass is 19.4. The second kappa shape index (κ2) is 4.04. The third kappa shape index (κ3) is 1.93. The summed E-state index contributed by atoms with van der Waals surface area (Å²) in [7, 11) is 0. The Morgan fingerprint density at radius 2 is 2.17 bits per heavy atom. The second-order valence-electron chi connectivity index (χ2n) is 3.87. The Balaban J connectivity index is 2.36. The van der Waals surface area contributed by atoms with E-state index in [1.165, 1.54) is 25.3 Å². The highest BCUT2D eigenvalue weighted by Crippen LogP contribution is 2.36. The summed E-state index contributed by atoms with van der Waals surface area (Å²) >= 11 is 0. The predicted octanol–water partition coefficient (Wildman–Crippen LogP) is 1.94. The zero-order chi connectivity index (χ0) is 13.5. The molecule has 2 N–H and O–H groups in total. The number of nitrogens with two attached hydrogens (primary N) is 1. The average Bonchev–Trinajstić information content (AvgIpc) is 2.55. The van der Waals surface area contributed by atoms with Gasteiger partial charge in [-0.1, -0.05) is 0 Å². The van der Waals surface area contributed by atoms with Gasteiger partial charge in [0, 0.05) is 6.20 Å². The lowest BCUT2D eigenvalue weighted by Gasteiger charge is -2.21. The van der Waals surface area contributed by atoms with Crippen LogP contribution in [0, 0.1) is 0 Å². The SMILES string of the molecule is C[C@@H]1[C@H](C(F)(F)F)OC(=O)N1c1ncccc1N. The maximum Gasteiger partial charge on any atom is 0.427 e. The van der Waals surface area contributed by atoms with Gasteiger partial charge in [-0.15, -0.1) is 0 Å². The van der Waals surface area contributed by atoms with Gasteiger partial charge >= 0.3 is 12.3 Å². The maximum atomic E-state index is 12.6. The van der Waals surface area contributed by atoms with Gasteiger partial charge in [-0.3, -0.25) is 4.90 Å². The minimum absolute atomic E-state index is 0.0262. The van der Waals surface area contributed by atoms with Crippen molar-refractivity contribution in [2.24, 2.45) is 0 Å². The lowest BCUT2D eigenvalue weighted by molar-refractivity contribution is -0.198. The van der Waals surface area contributed by atoms with Crippen molar-refractivity contribution in [1.29, 1.82) is 0 Å². The number of cyclic esters (lactones) is 1. The number of rotatable bonds is 1. The van der Waals surface area contributed by atoms with Crippen LogP contribution in [-0.4, -0.2) is 29.4 Å². The molecule has 0 spiro atoms. The van der Waals surface area contributed by atoms with E-state index in [-0.39, 0.29) is 11.5 Å². The minimum Gasteiger partial charge on any atom is -0.434 e. The van der Waals surface area contributed by atoms with Crippen molar-refractivity contribution >= 4 is 17.6 Å². The highest BCUT2D eigenvalue weighted by Gasteiger charge is 2.55. The summed E-state index contributed by atoms with van der Waals surface area (Å²) in [5.41, 5.74) is 5.70. The Kier molecular flexibility index (Phi) is 2.80. The van der Waals surface area contributed by atoms with Crippen LogP contribution in [0.5, 0.6) is 0 Å². The predicted molar refractivity (Wildman–Crippen MR) is 56.9 cm³/mol. The first-order valence-corrected chi connectivity index (χ1v) is 5.09.